The molecule has 1 aliphatic carbocycles. The van der Waals surface area contributed by atoms with E-state index in [1.54, 1.807) is 0 Å². The summed E-state index contributed by atoms with van der Waals surface area (Å²) in [5, 5.41) is 4.44. The Morgan fingerprint density at radius 1 is 1.30 bits per heavy atom. The fraction of sp³-hybridized carbons (Fsp3) is 0.545. The van der Waals surface area contributed by atoms with Crippen LogP contribution >= 0.6 is 0 Å². The highest BCUT2D eigenvalue weighted by Gasteiger charge is 2.41. The van der Waals surface area contributed by atoms with Crippen LogP contribution in [0.25, 0.3) is 10.9 Å². The van der Waals surface area contributed by atoms with Gasteiger partial charge >= 0.3 is 0 Å². The summed E-state index contributed by atoms with van der Waals surface area (Å²) in [4.78, 5) is 26.5. The first-order valence-electron chi connectivity index (χ1n) is 10.3. The van der Waals surface area contributed by atoms with Gasteiger partial charge in [0.2, 0.25) is 11.8 Å². The standard InChI is InChI=1S/C22H27N3O2/c1-14-18(19-6-2-4-15-5-3-11-24(14)21(15)19)9-10-23-22(27)16-12-20(26)25(13-16)17-7-8-17/h2,4,6,16-17H,3,5,7-13H2,1H3,(H,23,27). The minimum Gasteiger partial charge on any atom is -0.355 e. The third-order valence-electron chi connectivity index (χ3n) is 6.58. The summed E-state index contributed by atoms with van der Waals surface area (Å²) in [6.07, 6.45) is 5.79. The normalized spacial score (nSPS) is 21.9. The van der Waals surface area contributed by atoms with Crippen LogP contribution in [0.15, 0.2) is 18.2 Å². The molecule has 5 rings (SSSR count). The average Bonchev–Trinajstić information content (AvgIpc) is 3.39. The molecule has 2 amide bonds. The summed E-state index contributed by atoms with van der Waals surface area (Å²) >= 11 is 0. The minimum atomic E-state index is -0.172. The molecule has 5 heteroatoms. The number of nitrogens with one attached hydrogen (secondary N) is 1. The van der Waals surface area contributed by atoms with E-state index in [1.807, 2.05) is 4.90 Å². The Bertz CT molecular complexity index is 925. The topological polar surface area (TPSA) is 54.3 Å². The van der Waals surface area contributed by atoms with Gasteiger partial charge < -0.3 is 14.8 Å². The van der Waals surface area contributed by atoms with Crippen molar-refractivity contribution in [1.29, 1.82) is 0 Å². The summed E-state index contributed by atoms with van der Waals surface area (Å²) < 4.78 is 2.45. The van der Waals surface area contributed by atoms with E-state index in [-0.39, 0.29) is 17.7 Å². The molecule has 1 N–H and O–H groups in total. The number of hydrogen-bond donors (Lipinski definition) is 1. The van der Waals surface area contributed by atoms with E-state index in [9.17, 15) is 9.59 Å². The second-order valence-corrected chi connectivity index (χ2v) is 8.35. The van der Waals surface area contributed by atoms with Crippen LogP contribution in [0.4, 0.5) is 0 Å². The number of aromatic nitrogens is 1. The van der Waals surface area contributed by atoms with Gasteiger partial charge in [0, 0.05) is 43.2 Å². The zero-order chi connectivity index (χ0) is 18.5. The maximum absolute atomic E-state index is 12.5. The number of carbonyl (C=O) groups is 2. The summed E-state index contributed by atoms with van der Waals surface area (Å²) in [7, 11) is 0. The van der Waals surface area contributed by atoms with E-state index in [4.69, 9.17) is 0 Å². The summed E-state index contributed by atoms with van der Waals surface area (Å²) in [5.74, 6) is 0.0228. The van der Waals surface area contributed by atoms with E-state index < -0.39 is 0 Å². The smallest absolute Gasteiger partial charge is 0.225 e. The van der Waals surface area contributed by atoms with E-state index in [0.717, 1.165) is 32.2 Å². The lowest BCUT2D eigenvalue weighted by atomic mass is 10.0. The Morgan fingerprint density at radius 3 is 2.96 bits per heavy atom. The van der Waals surface area contributed by atoms with Crippen LogP contribution in [0.2, 0.25) is 0 Å². The number of para-hydroxylation sites is 1. The number of rotatable bonds is 5. The first-order valence-corrected chi connectivity index (χ1v) is 10.3. The van der Waals surface area contributed by atoms with Crippen LogP contribution in [-0.4, -0.2) is 40.4 Å². The zero-order valence-corrected chi connectivity index (χ0v) is 16.0. The summed E-state index contributed by atoms with van der Waals surface area (Å²) in [6.45, 7) is 4.54. The molecule has 1 aromatic carbocycles. The Balaban J connectivity index is 1.26. The Hall–Kier alpha value is -2.30. The molecule has 2 aliphatic heterocycles. The molecule has 27 heavy (non-hydrogen) atoms. The maximum Gasteiger partial charge on any atom is 0.225 e. The molecule has 0 spiro atoms. The van der Waals surface area contributed by atoms with Gasteiger partial charge in [-0.2, -0.15) is 0 Å². The van der Waals surface area contributed by atoms with Crippen molar-refractivity contribution >= 4 is 22.7 Å². The Kier molecular flexibility index (Phi) is 3.99. The highest BCUT2D eigenvalue weighted by Crippen LogP contribution is 2.34. The Labute approximate surface area is 159 Å². The van der Waals surface area contributed by atoms with Crippen molar-refractivity contribution < 1.29 is 9.59 Å². The maximum atomic E-state index is 12.5. The molecule has 2 fully saturated rings. The summed E-state index contributed by atoms with van der Waals surface area (Å²) in [6, 6.07) is 7.03. The van der Waals surface area contributed by atoms with Crippen LogP contribution in [0, 0.1) is 12.8 Å². The SMILES string of the molecule is Cc1c(CCNC(=O)C2CC(=O)N(C3CC3)C2)c2cccc3c2n1CCC3. The minimum absolute atomic E-state index is 0.0397. The predicted octanol–water partition coefficient (Wildman–Crippen LogP) is 2.57. The van der Waals surface area contributed by atoms with Crippen LogP contribution < -0.4 is 5.32 Å². The van der Waals surface area contributed by atoms with Gasteiger partial charge in [-0.25, -0.2) is 0 Å². The molecule has 142 valence electrons. The quantitative estimate of drug-likeness (QED) is 0.885. The van der Waals surface area contributed by atoms with Gasteiger partial charge in [0.25, 0.3) is 0 Å². The van der Waals surface area contributed by atoms with Gasteiger partial charge in [-0.15, -0.1) is 0 Å². The predicted molar refractivity (Wildman–Crippen MR) is 105 cm³/mol. The number of hydrogen-bond acceptors (Lipinski definition) is 2. The molecule has 3 heterocycles. The molecule has 2 aromatic rings. The van der Waals surface area contributed by atoms with Crippen LogP contribution in [0.1, 0.15) is 42.5 Å². The molecule has 0 radical (unpaired) electrons. The number of carbonyl (C=O) groups excluding carboxylic acids is 2. The second kappa shape index (κ2) is 6.39. The first kappa shape index (κ1) is 16.8. The number of likely N-dealkylation sites (tertiary alicyclic amines) is 1. The monoisotopic (exact) mass is 365 g/mol. The molecule has 1 saturated carbocycles. The van der Waals surface area contributed by atoms with Gasteiger partial charge in [-0.3, -0.25) is 9.59 Å². The van der Waals surface area contributed by atoms with Crippen molar-refractivity contribution in [2.75, 3.05) is 13.1 Å². The van der Waals surface area contributed by atoms with E-state index in [1.165, 1.54) is 34.1 Å². The van der Waals surface area contributed by atoms with Crippen molar-refractivity contribution in [2.24, 2.45) is 5.92 Å². The Morgan fingerprint density at radius 2 is 2.15 bits per heavy atom. The number of aryl methyl sites for hydroxylation is 2. The number of benzene rings is 1. The van der Waals surface area contributed by atoms with Crippen molar-refractivity contribution in [3.8, 4) is 0 Å². The van der Waals surface area contributed by atoms with Gasteiger partial charge in [-0.05, 0) is 50.2 Å². The highest BCUT2D eigenvalue weighted by molar-refractivity contribution is 5.90. The second-order valence-electron chi connectivity index (χ2n) is 8.35. The first-order chi connectivity index (χ1) is 13.1. The van der Waals surface area contributed by atoms with Crippen molar-refractivity contribution in [1.82, 2.24) is 14.8 Å². The molecular formula is C22H27N3O2. The fourth-order valence-corrected chi connectivity index (χ4v) is 5.00. The lowest BCUT2D eigenvalue weighted by Gasteiger charge is -2.16. The molecular weight excluding hydrogens is 338 g/mol. The zero-order valence-electron chi connectivity index (χ0n) is 16.0. The molecule has 1 atom stereocenters. The third kappa shape index (κ3) is 2.84. The average molecular weight is 365 g/mol. The van der Waals surface area contributed by atoms with Crippen LogP contribution in [0.5, 0.6) is 0 Å². The number of nitrogens with zero attached hydrogens (tertiary/aromatic N) is 2. The van der Waals surface area contributed by atoms with E-state index >= 15 is 0 Å². The van der Waals surface area contributed by atoms with E-state index in [0.29, 0.717) is 25.6 Å². The van der Waals surface area contributed by atoms with Gasteiger partial charge in [0.05, 0.1) is 11.4 Å². The van der Waals surface area contributed by atoms with Crippen molar-refractivity contribution in [3.63, 3.8) is 0 Å². The highest BCUT2D eigenvalue weighted by atomic mass is 16.2. The molecule has 1 unspecified atom stereocenters. The largest absolute Gasteiger partial charge is 0.355 e. The van der Waals surface area contributed by atoms with Gasteiger partial charge in [-0.1, -0.05) is 18.2 Å². The number of amides is 2. The lowest BCUT2D eigenvalue weighted by Crippen LogP contribution is -2.34. The van der Waals surface area contributed by atoms with Gasteiger partial charge in [0.15, 0.2) is 0 Å². The third-order valence-corrected chi connectivity index (χ3v) is 6.58. The molecule has 5 nitrogen and oxygen atoms in total. The van der Waals surface area contributed by atoms with Crippen molar-refractivity contribution in [2.45, 2.75) is 58.0 Å². The summed E-state index contributed by atoms with van der Waals surface area (Å²) in [5.41, 5.74) is 5.53. The van der Waals surface area contributed by atoms with Crippen molar-refractivity contribution in [3.05, 3.63) is 35.0 Å². The molecule has 0 bridgehead atoms. The lowest BCUT2D eigenvalue weighted by molar-refractivity contribution is -0.129. The fourth-order valence-electron chi connectivity index (χ4n) is 5.00. The van der Waals surface area contributed by atoms with E-state index in [2.05, 4.69) is 35.0 Å². The van der Waals surface area contributed by atoms with Crippen LogP contribution in [0.3, 0.4) is 0 Å². The van der Waals surface area contributed by atoms with Crippen LogP contribution in [-0.2, 0) is 29.0 Å². The molecule has 1 aromatic heterocycles. The molecule has 3 aliphatic rings. The molecule has 1 saturated heterocycles. The van der Waals surface area contributed by atoms with Gasteiger partial charge in [0.1, 0.15) is 0 Å².